The number of nitrogens with zero attached hydrogens (tertiary/aromatic N) is 3. The van der Waals surface area contributed by atoms with E-state index in [1.807, 2.05) is 0 Å². The summed E-state index contributed by atoms with van der Waals surface area (Å²) in [6.45, 7) is -1.07. The number of hydrogen-bond acceptors (Lipinski definition) is 3. The van der Waals surface area contributed by atoms with Gasteiger partial charge in [-0.15, -0.1) is 0 Å². The molecule has 1 amide bonds. The quantitative estimate of drug-likeness (QED) is 0.745. The zero-order valence-corrected chi connectivity index (χ0v) is 13.9. The zero-order chi connectivity index (χ0) is 19.4. The van der Waals surface area contributed by atoms with Crippen molar-refractivity contribution in [1.29, 1.82) is 0 Å². The van der Waals surface area contributed by atoms with Gasteiger partial charge >= 0.3 is 6.18 Å². The minimum Gasteiger partial charge on any atom is -0.375 e. The Balaban J connectivity index is 1.63. The van der Waals surface area contributed by atoms with Crippen LogP contribution in [0.1, 0.15) is 27.3 Å². The van der Waals surface area contributed by atoms with E-state index in [1.54, 1.807) is 0 Å². The molecule has 5 nitrogen and oxygen atoms in total. The molecule has 0 bridgehead atoms. The summed E-state index contributed by atoms with van der Waals surface area (Å²) in [5, 5.41) is 3.71. The maximum atomic E-state index is 13.2. The van der Waals surface area contributed by atoms with Crippen LogP contribution in [-0.4, -0.2) is 46.2 Å². The molecule has 0 N–H and O–H groups in total. The van der Waals surface area contributed by atoms with Crippen molar-refractivity contribution in [1.82, 2.24) is 14.7 Å². The van der Waals surface area contributed by atoms with Gasteiger partial charge in [0.2, 0.25) is 0 Å². The number of fused-ring (bicyclic) bond motifs is 1. The van der Waals surface area contributed by atoms with Gasteiger partial charge in [-0.05, 0) is 30.7 Å². The van der Waals surface area contributed by atoms with E-state index in [4.69, 9.17) is 4.74 Å². The summed E-state index contributed by atoms with van der Waals surface area (Å²) < 4.78 is 71.9. The van der Waals surface area contributed by atoms with Crippen molar-refractivity contribution >= 4 is 5.91 Å². The van der Waals surface area contributed by atoms with Crippen molar-refractivity contribution in [3.63, 3.8) is 0 Å². The highest BCUT2D eigenvalue weighted by Crippen LogP contribution is 2.35. The molecule has 0 spiro atoms. The lowest BCUT2D eigenvalue weighted by atomic mass is 10.1. The van der Waals surface area contributed by atoms with Crippen molar-refractivity contribution in [2.75, 3.05) is 19.7 Å². The number of amides is 1. The van der Waals surface area contributed by atoms with E-state index in [-0.39, 0.29) is 30.8 Å². The molecule has 10 heteroatoms. The van der Waals surface area contributed by atoms with Crippen LogP contribution in [-0.2, 0) is 23.9 Å². The SMILES string of the molecule is O=C(c1ccc(-n2nc(C(F)(F)F)c3c2COCC3)cc1)N1CC(F)(F)C1. The maximum Gasteiger partial charge on any atom is 0.435 e. The topological polar surface area (TPSA) is 47.4 Å². The highest BCUT2D eigenvalue weighted by Gasteiger charge is 2.46. The third kappa shape index (κ3) is 3.18. The summed E-state index contributed by atoms with van der Waals surface area (Å²) in [5.74, 6) is -3.41. The second-order valence-electron chi connectivity index (χ2n) is 6.55. The summed E-state index contributed by atoms with van der Waals surface area (Å²) in [4.78, 5) is 13.1. The van der Waals surface area contributed by atoms with E-state index in [2.05, 4.69) is 5.10 Å². The summed E-state index contributed by atoms with van der Waals surface area (Å²) in [6, 6.07) is 5.65. The molecule has 27 heavy (non-hydrogen) atoms. The number of ether oxygens (including phenoxy) is 1. The van der Waals surface area contributed by atoms with Crippen LogP contribution >= 0.6 is 0 Å². The molecule has 4 rings (SSSR count). The number of carbonyl (C=O) groups excluding carboxylic acids is 1. The highest BCUT2D eigenvalue weighted by molar-refractivity contribution is 5.95. The van der Waals surface area contributed by atoms with Crippen molar-refractivity contribution in [3.05, 3.63) is 46.8 Å². The van der Waals surface area contributed by atoms with Crippen LogP contribution in [0.2, 0.25) is 0 Å². The minimum atomic E-state index is -4.58. The first-order valence-electron chi connectivity index (χ1n) is 8.19. The van der Waals surface area contributed by atoms with Gasteiger partial charge in [0.25, 0.3) is 11.8 Å². The van der Waals surface area contributed by atoms with Gasteiger partial charge in [0, 0.05) is 11.1 Å². The van der Waals surface area contributed by atoms with Crippen LogP contribution in [0.3, 0.4) is 0 Å². The number of benzene rings is 1. The molecule has 1 saturated heterocycles. The van der Waals surface area contributed by atoms with Gasteiger partial charge in [-0.3, -0.25) is 4.79 Å². The molecule has 2 aliphatic heterocycles. The Morgan fingerprint density at radius 2 is 1.81 bits per heavy atom. The third-order valence-corrected chi connectivity index (χ3v) is 4.58. The molecule has 3 heterocycles. The van der Waals surface area contributed by atoms with Crippen LogP contribution in [0.4, 0.5) is 22.0 Å². The summed E-state index contributed by atoms with van der Waals surface area (Å²) in [7, 11) is 0. The Morgan fingerprint density at radius 3 is 2.41 bits per heavy atom. The molecule has 2 aromatic rings. The fraction of sp³-hybridized carbons (Fsp3) is 0.412. The van der Waals surface area contributed by atoms with Gasteiger partial charge < -0.3 is 9.64 Å². The van der Waals surface area contributed by atoms with Gasteiger partial charge in [-0.2, -0.15) is 18.3 Å². The third-order valence-electron chi connectivity index (χ3n) is 4.58. The number of rotatable bonds is 2. The van der Waals surface area contributed by atoms with Crippen molar-refractivity contribution < 1.29 is 31.5 Å². The number of aromatic nitrogens is 2. The summed E-state index contributed by atoms with van der Waals surface area (Å²) in [6.07, 6.45) is -4.46. The predicted molar refractivity (Wildman–Crippen MR) is 82.8 cm³/mol. The lowest BCUT2D eigenvalue weighted by molar-refractivity contribution is -0.142. The van der Waals surface area contributed by atoms with E-state index >= 15 is 0 Å². The van der Waals surface area contributed by atoms with Crippen LogP contribution in [0.25, 0.3) is 5.69 Å². The number of halogens is 5. The normalized spacial score (nSPS) is 18.8. The highest BCUT2D eigenvalue weighted by atomic mass is 19.4. The molecule has 1 aromatic heterocycles. The average Bonchev–Trinajstić information content (AvgIpc) is 2.99. The smallest absolute Gasteiger partial charge is 0.375 e. The fourth-order valence-corrected chi connectivity index (χ4v) is 3.26. The zero-order valence-electron chi connectivity index (χ0n) is 13.9. The summed E-state index contributed by atoms with van der Waals surface area (Å²) >= 11 is 0. The molecular weight excluding hydrogens is 373 g/mol. The van der Waals surface area contributed by atoms with Crippen LogP contribution < -0.4 is 0 Å². The Hall–Kier alpha value is -2.49. The van der Waals surface area contributed by atoms with E-state index in [0.717, 1.165) is 9.58 Å². The minimum absolute atomic E-state index is 0.00194. The molecule has 0 saturated carbocycles. The van der Waals surface area contributed by atoms with E-state index in [9.17, 15) is 26.7 Å². The van der Waals surface area contributed by atoms with Crippen molar-refractivity contribution in [2.45, 2.75) is 25.1 Å². The first-order valence-corrected chi connectivity index (χ1v) is 8.19. The molecule has 1 fully saturated rings. The first kappa shape index (κ1) is 17.9. The Labute approximate surface area is 150 Å². The molecule has 0 unspecified atom stereocenters. The lowest BCUT2D eigenvalue weighted by Gasteiger charge is -2.38. The Kier molecular flexibility index (Phi) is 3.99. The van der Waals surface area contributed by atoms with E-state index < -0.39 is 36.8 Å². The summed E-state index contributed by atoms with van der Waals surface area (Å²) in [5.41, 5.74) is -0.00387. The first-order chi connectivity index (χ1) is 12.7. The molecular formula is C17H14F5N3O2. The second-order valence-corrected chi connectivity index (χ2v) is 6.55. The van der Waals surface area contributed by atoms with Gasteiger partial charge in [0.1, 0.15) is 0 Å². The number of hydrogen-bond donors (Lipinski definition) is 0. The monoisotopic (exact) mass is 387 g/mol. The predicted octanol–water partition coefficient (Wildman–Crippen LogP) is 3.05. The molecule has 2 aliphatic rings. The van der Waals surface area contributed by atoms with Crippen LogP contribution in [0, 0.1) is 0 Å². The van der Waals surface area contributed by atoms with Gasteiger partial charge in [0.15, 0.2) is 5.69 Å². The van der Waals surface area contributed by atoms with Crippen LogP contribution in [0.15, 0.2) is 24.3 Å². The molecule has 144 valence electrons. The average molecular weight is 387 g/mol. The Morgan fingerprint density at radius 1 is 1.15 bits per heavy atom. The molecule has 0 atom stereocenters. The number of alkyl halides is 5. The van der Waals surface area contributed by atoms with Gasteiger partial charge in [-0.1, -0.05) is 0 Å². The molecule has 1 aromatic carbocycles. The van der Waals surface area contributed by atoms with Crippen molar-refractivity contribution in [2.24, 2.45) is 0 Å². The molecule has 0 radical (unpaired) electrons. The lowest BCUT2D eigenvalue weighted by Crippen LogP contribution is -2.58. The van der Waals surface area contributed by atoms with E-state index in [1.165, 1.54) is 24.3 Å². The largest absolute Gasteiger partial charge is 0.435 e. The molecule has 0 aliphatic carbocycles. The number of carbonyl (C=O) groups is 1. The fourth-order valence-electron chi connectivity index (χ4n) is 3.26. The van der Waals surface area contributed by atoms with E-state index in [0.29, 0.717) is 11.4 Å². The number of likely N-dealkylation sites (tertiary alicyclic amines) is 1. The van der Waals surface area contributed by atoms with Gasteiger partial charge in [0.05, 0.1) is 37.7 Å². The van der Waals surface area contributed by atoms with Crippen molar-refractivity contribution in [3.8, 4) is 5.69 Å². The second kappa shape index (κ2) is 6.01. The standard InChI is InChI=1S/C17H14F5N3O2/c18-16(19)8-24(9-16)15(26)10-1-3-11(4-2-10)25-13-7-27-6-5-12(13)14(23-25)17(20,21)22/h1-4H,5-9H2. The van der Waals surface area contributed by atoms with Gasteiger partial charge in [-0.25, -0.2) is 13.5 Å². The Bertz CT molecular complexity index is 881. The van der Waals surface area contributed by atoms with Crippen LogP contribution in [0.5, 0.6) is 0 Å². The maximum absolute atomic E-state index is 13.2.